The van der Waals surface area contributed by atoms with Crippen molar-refractivity contribution in [3.63, 3.8) is 0 Å². The van der Waals surface area contributed by atoms with E-state index in [2.05, 4.69) is 0 Å². The Balaban J connectivity index is 2.07. The fourth-order valence-electron chi connectivity index (χ4n) is 1.69. The summed E-state index contributed by atoms with van der Waals surface area (Å²) < 4.78 is 10.8. The van der Waals surface area contributed by atoms with Crippen molar-refractivity contribution in [1.82, 2.24) is 0 Å². The Hall–Kier alpha value is -1.51. The molecule has 2 rings (SSSR count). The van der Waals surface area contributed by atoms with Crippen molar-refractivity contribution in [2.24, 2.45) is 5.41 Å². The number of ether oxygens (including phenoxy) is 2. The Labute approximate surface area is 95.4 Å². The van der Waals surface area contributed by atoms with E-state index in [-0.39, 0.29) is 17.5 Å². The molecule has 0 unspecified atom stereocenters. The van der Waals surface area contributed by atoms with Crippen LogP contribution < -0.4 is 4.74 Å². The SMILES string of the molecule is CC(C)(C)[C@@H]1OC(=O)[C@H]1Oc1ccccc1. The van der Waals surface area contributed by atoms with Gasteiger partial charge in [0.25, 0.3) is 0 Å². The maximum Gasteiger partial charge on any atom is 0.351 e. The number of carbonyl (C=O) groups excluding carboxylic acids is 1. The first kappa shape index (κ1) is 11.0. The second kappa shape index (κ2) is 3.81. The zero-order valence-corrected chi connectivity index (χ0v) is 9.77. The zero-order chi connectivity index (χ0) is 11.8. The monoisotopic (exact) mass is 220 g/mol. The Bertz CT molecular complexity index is 378. The third-order valence-electron chi connectivity index (χ3n) is 2.61. The quantitative estimate of drug-likeness (QED) is 0.718. The second-order valence-corrected chi connectivity index (χ2v) is 5.08. The number of carbonyl (C=O) groups is 1. The Morgan fingerprint density at radius 1 is 1.19 bits per heavy atom. The summed E-state index contributed by atoms with van der Waals surface area (Å²) in [7, 11) is 0. The van der Waals surface area contributed by atoms with Gasteiger partial charge in [-0.25, -0.2) is 4.79 Å². The summed E-state index contributed by atoms with van der Waals surface area (Å²) in [4.78, 5) is 11.3. The molecule has 1 fully saturated rings. The molecule has 0 spiro atoms. The number of para-hydroxylation sites is 1. The number of cyclic esters (lactones) is 1. The van der Waals surface area contributed by atoms with Gasteiger partial charge in [-0.1, -0.05) is 39.0 Å². The first-order valence-corrected chi connectivity index (χ1v) is 5.41. The van der Waals surface area contributed by atoms with Crippen LogP contribution in [0.4, 0.5) is 0 Å². The van der Waals surface area contributed by atoms with Gasteiger partial charge in [0.2, 0.25) is 6.10 Å². The van der Waals surface area contributed by atoms with Crippen molar-refractivity contribution >= 4 is 5.97 Å². The van der Waals surface area contributed by atoms with Crippen LogP contribution in [0.25, 0.3) is 0 Å². The largest absolute Gasteiger partial charge is 0.475 e. The molecule has 1 aliphatic rings. The number of benzene rings is 1. The first-order valence-electron chi connectivity index (χ1n) is 5.41. The van der Waals surface area contributed by atoms with Crippen LogP contribution in [0, 0.1) is 5.41 Å². The van der Waals surface area contributed by atoms with Gasteiger partial charge >= 0.3 is 5.97 Å². The van der Waals surface area contributed by atoms with Gasteiger partial charge < -0.3 is 9.47 Å². The molecule has 3 nitrogen and oxygen atoms in total. The average molecular weight is 220 g/mol. The fraction of sp³-hybridized carbons (Fsp3) is 0.462. The van der Waals surface area contributed by atoms with Crippen molar-refractivity contribution in [3.05, 3.63) is 30.3 Å². The van der Waals surface area contributed by atoms with Gasteiger partial charge in [-0.15, -0.1) is 0 Å². The van der Waals surface area contributed by atoms with Crippen LogP contribution in [0.1, 0.15) is 20.8 Å². The van der Waals surface area contributed by atoms with Crippen LogP contribution >= 0.6 is 0 Å². The molecule has 3 heteroatoms. The van der Waals surface area contributed by atoms with Crippen LogP contribution in [0.15, 0.2) is 30.3 Å². The molecule has 0 amide bonds. The van der Waals surface area contributed by atoms with Crippen LogP contribution in [0.5, 0.6) is 5.75 Å². The molecule has 1 aromatic carbocycles. The molecule has 1 aliphatic heterocycles. The molecule has 1 aromatic rings. The first-order chi connectivity index (χ1) is 7.48. The zero-order valence-electron chi connectivity index (χ0n) is 9.77. The average Bonchev–Trinajstić information content (AvgIpc) is 2.22. The van der Waals surface area contributed by atoms with Gasteiger partial charge in [0.05, 0.1) is 0 Å². The van der Waals surface area contributed by atoms with Crippen molar-refractivity contribution in [3.8, 4) is 5.75 Å². The van der Waals surface area contributed by atoms with Gasteiger partial charge in [-0.3, -0.25) is 0 Å². The second-order valence-electron chi connectivity index (χ2n) is 5.08. The van der Waals surface area contributed by atoms with E-state index >= 15 is 0 Å². The molecular formula is C13H16O3. The molecule has 0 bridgehead atoms. The molecule has 0 N–H and O–H groups in total. The fourth-order valence-corrected chi connectivity index (χ4v) is 1.69. The summed E-state index contributed by atoms with van der Waals surface area (Å²) in [5.41, 5.74) is -0.0899. The standard InChI is InChI=1S/C13H16O3/c1-13(2,3)11-10(12(14)16-11)15-9-7-5-4-6-8-9/h4-8,10-11H,1-3H3/t10-,11+/m0/s1. The minimum Gasteiger partial charge on any atom is -0.475 e. The van der Waals surface area contributed by atoms with Crippen molar-refractivity contribution < 1.29 is 14.3 Å². The summed E-state index contributed by atoms with van der Waals surface area (Å²) in [6.07, 6.45) is -0.636. The third kappa shape index (κ3) is 2.03. The molecule has 0 saturated carbocycles. The lowest BCUT2D eigenvalue weighted by Gasteiger charge is -2.42. The molecule has 0 aromatic heterocycles. The number of hydrogen-bond acceptors (Lipinski definition) is 3. The van der Waals surface area contributed by atoms with Gasteiger partial charge in [0.15, 0.2) is 6.10 Å². The Morgan fingerprint density at radius 3 is 2.31 bits per heavy atom. The maximum absolute atomic E-state index is 11.3. The van der Waals surface area contributed by atoms with E-state index in [1.807, 2.05) is 51.1 Å². The summed E-state index contributed by atoms with van der Waals surface area (Å²) in [6.45, 7) is 6.10. The lowest BCUT2D eigenvalue weighted by atomic mass is 9.82. The van der Waals surface area contributed by atoms with Crippen molar-refractivity contribution in [2.75, 3.05) is 0 Å². The molecule has 16 heavy (non-hydrogen) atoms. The number of esters is 1. The van der Waals surface area contributed by atoms with Crippen molar-refractivity contribution in [1.29, 1.82) is 0 Å². The third-order valence-corrected chi connectivity index (χ3v) is 2.61. The molecule has 1 heterocycles. The predicted molar refractivity (Wildman–Crippen MR) is 60.2 cm³/mol. The molecular weight excluding hydrogens is 204 g/mol. The minimum absolute atomic E-state index is 0.0899. The van der Waals surface area contributed by atoms with E-state index in [0.717, 1.165) is 0 Å². The summed E-state index contributed by atoms with van der Waals surface area (Å²) in [6, 6.07) is 9.35. The predicted octanol–water partition coefficient (Wildman–Crippen LogP) is 2.41. The summed E-state index contributed by atoms with van der Waals surface area (Å²) in [5, 5.41) is 0. The Morgan fingerprint density at radius 2 is 1.81 bits per heavy atom. The van der Waals surface area contributed by atoms with Crippen LogP contribution in [0.2, 0.25) is 0 Å². The van der Waals surface area contributed by atoms with E-state index in [9.17, 15) is 4.79 Å². The minimum atomic E-state index is -0.470. The van der Waals surface area contributed by atoms with Gasteiger partial charge in [-0.05, 0) is 12.1 Å². The van der Waals surface area contributed by atoms with E-state index < -0.39 is 6.10 Å². The molecule has 1 saturated heterocycles. The lowest BCUT2D eigenvalue weighted by Crippen LogP contribution is -2.59. The van der Waals surface area contributed by atoms with Gasteiger partial charge in [0.1, 0.15) is 5.75 Å². The molecule has 86 valence electrons. The van der Waals surface area contributed by atoms with Crippen molar-refractivity contribution in [2.45, 2.75) is 33.0 Å². The smallest absolute Gasteiger partial charge is 0.351 e. The van der Waals surface area contributed by atoms with E-state index in [4.69, 9.17) is 9.47 Å². The molecule has 0 radical (unpaired) electrons. The van der Waals surface area contributed by atoms with Crippen LogP contribution in [0.3, 0.4) is 0 Å². The highest BCUT2D eigenvalue weighted by molar-refractivity contribution is 5.81. The summed E-state index contributed by atoms with van der Waals surface area (Å²) >= 11 is 0. The van der Waals surface area contributed by atoms with Gasteiger partial charge in [-0.2, -0.15) is 0 Å². The van der Waals surface area contributed by atoms with E-state index in [1.165, 1.54) is 0 Å². The van der Waals surface area contributed by atoms with E-state index in [0.29, 0.717) is 5.75 Å². The number of hydrogen-bond donors (Lipinski definition) is 0. The van der Waals surface area contributed by atoms with Crippen LogP contribution in [-0.2, 0) is 9.53 Å². The highest BCUT2D eigenvalue weighted by atomic mass is 16.6. The Kier molecular flexibility index (Phi) is 2.62. The highest BCUT2D eigenvalue weighted by Gasteiger charge is 2.51. The normalized spacial score (nSPS) is 24.6. The highest BCUT2D eigenvalue weighted by Crippen LogP contribution is 2.34. The van der Waals surface area contributed by atoms with Gasteiger partial charge in [0, 0.05) is 5.41 Å². The topological polar surface area (TPSA) is 35.5 Å². The number of rotatable bonds is 2. The lowest BCUT2D eigenvalue weighted by molar-refractivity contribution is -0.208. The molecule has 0 aliphatic carbocycles. The maximum atomic E-state index is 11.3. The molecule has 2 atom stereocenters. The van der Waals surface area contributed by atoms with E-state index in [1.54, 1.807) is 0 Å². The van der Waals surface area contributed by atoms with Crippen LogP contribution in [-0.4, -0.2) is 18.2 Å². The summed E-state index contributed by atoms with van der Waals surface area (Å²) in [5.74, 6) is 0.433.